The fourth-order valence-electron chi connectivity index (χ4n) is 3.20. The molecule has 0 bridgehead atoms. The lowest BCUT2D eigenvalue weighted by Gasteiger charge is -2.39. The van der Waals surface area contributed by atoms with E-state index in [1.807, 2.05) is 35.2 Å². The van der Waals surface area contributed by atoms with E-state index in [-0.39, 0.29) is 11.8 Å². The number of carbonyl (C=O) groups is 1. The molecule has 1 aromatic carbocycles. The maximum absolute atomic E-state index is 12.4. The molecule has 1 amide bonds. The molecule has 0 atom stereocenters. The number of anilines is 1. The number of H-pyrrole nitrogens is 1. The Balaban J connectivity index is 1.17. The van der Waals surface area contributed by atoms with Gasteiger partial charge < -0.3 is 15.2 Å². The van der Waals surface area contributed by atoms with E-state index in [1.165, 1.54) is 12.7 Å². The first-order valence-corrected chi connectivity index (χ1v) is 8.89. The van der Waals surface area contributed by atoms with Crippen molar-refractivity contribution in [1.82, 2.24) is 40.0 Å². The van der Waals surface area contributed by atoms with Crippen molar-refractivity contribution in [1.29, 1.82) is 0 Å². The van der Waals surface area contributed by atoms with Crippen molar-refractivity contribution in [2.75, 3.05) is 18.0 Å². The average Bonchev–Trinajstić information content (AvgIpc) is 3.35. The largest absolute Gasteiger partial charge is 0.355 e. The molecule has 140 valence electrons. The van der Waals surface area contributed by atoms with E-state index in [0.29, 0.717) is 25.5 Å². The number of hydrogen-bond donors (Lipinski definition) is 2. The zero-order valence-electron chi connectivity index (χ0n) is 14.9. The molecule has 4 heterocycles. The first-order chi connectivity index (χ1) is 13.8. The number of carbonyl (C=O) groups excluding carboxylic acids is 1. The molecular weight excluding hydrogens is 358 g/mol. The predicted octanol–water partition coefficient (Wildman–Crippen LogP) is 0.686. The van der Waals surface area contributed by atoms with Gasteiger partial charge in [0, 0.05) is 19.2 Å². The van der Waals surface area contributed by atoms with Gasteiger partial charge in [0.15, 0.2) is 5.82 Å². The van der Waals surface area contributed by atoms with Crippen molar-refractivity contribution in [3.8, 4) is 5.82 Å². The minimum atomic E-state index is -0.0748. The number of amides is 1. The van der Waals surface area contributed by atoms with Gasteiger partial charge in [-0.25, -0.2) is 24.6 Å². The van der Waals surface area contributed by atoms with E-state index in [4.69, 9.17) is 0 Å². The van der Waals surface area contributed by atoms with Gasteiger partial charge in [-0.3, -0.25) is 4.79 Å². The van der Waals surface area contributed by atoms with Gasteiger partial charge in [0.25, 0.3) is 0 Å². The molecule has 1 fully saturated rings. The molecule has 2 N–H and O–H groups in total. The lowest BCUT2D eigenvalue weighted by atomic mass is 9.99. The highest BCUT2D eigenvalue weighted by atomic mass is 16.2. The zero-order valence-corrected chi connectivity index (χ0v) is 14.9. The second-order valence-corrected chi connectivity index (χ2v) is 6.59. The van der Waals surface area contributed by atoms with Crippen molar-refractivity contribution in [3.05, 3.63) is 55.1 Å². The minimum absolute atomic E-state index is 0.0160. The van der Waals surface area contributed by atoms with Gasteiger partial charge in [0.05, 0.1) is 23.5 Å². The number of para-hydroxylation sites is 2. The molecule has 5 rings (SSSR count). The fourth-order valence-corrected chi connectivity index (χ4v) is 3.20. The molecule has 10 nitrogen and oxygen atoms in total. The van der Waals surface area contributed by atoms with Gasteiger partial charge in [-0.05, 0) is 12.1 Å². The molecular formula is C18H17N9O. The van der Waals surface area contributed by atoms with Crippen LogP contribution < -0.4 is 10.2 Å². The van der Waals surface area contributed by atoms with Crippen LogP contribution >= 0.6 is 0 Å². The Morgan fingerprint density at radius 2 is 2.04 bits per heavy atom. The predicted molar refractivity (Wildman–Crippen MR) is 101 cm³/mol. The van der Waals surface area contributed by atoms with Crippen LogP contribution in [0.15, 0.2) is 49.3 Å². The smallest absolute Gasteiger partial charge is 0.227 e. The van der Waals surface area contributed by atoms with Gasteiger partial charge in [-0.15, -0.1) is 0 Å². The Labute approximate surface area is 159 Å². The quantitative estimate of drug-likeness (QED) is 0.527. The van der Waals surface area contributed by atoms with E-state index in [0.717, 1.165) is 22.7 Å². The number of nitrogens with zero attached hydrogens (tertiary/aromatic N) is 7. The van der Waals surface area contributed by atoms with Crippen LogP contribution in [-0.2, 0) is 11.3 Å². The summed E-state index contributed by atoms with van der Waals surface area (Å²) in [5.74, 6) is 2.09. The molecule has 3 aromatic heterocycles. The Kier molecular flexibility index (Phi) is 3.93. The molecule has 1 aliphatic heterocycles. The average molecular weight is 375 g/mol. The second kappa shape index (κ2) is 6.72. The molecule has 28 heavy (non-hydrogen) atoms. The number of fused-ring (bicyclic) bond motifs is 1. The van der Waals surface area contributed by atoms with Gasteiger partial charge in [0.2, 0.25) is 5.91 Å². The topological polar surface area (TPSA) is 118 Å². The standard InChI is InChI=1S/C18H17N9O/c28-18(20-6-15-24-13-3-1-2-4-14(13)25-15)12-7-26(8-12)16-5-17(22-10-21-16)27-11-19-9-23-27/h1-5,9-12H,6-8H2,(H,20,28)(H,24,25). The molecule has 0 saturated carbocycles. The Hall–Kier alpha value is -3.82. The summed E-state index contributed by atoms with van der Waals surface area (Å²) >= 11 is 0. The van der Waals surface area contributed by atoms with Crippen LogP contribution in [0.2, 0.25) is 0 Å². The Morgan fingerprint density at radius 3 is 2.86 bits per heavy atom. The number of imidazole rings is 1. The summed E-state index contributed by atoms with van der Waals surface area (Å²) in [5, 5.41) is 7.02. The van der Waals surface area contributed by atoms with Crippen LogP contribution in [0.25, 0.3) is 16.9 Å². The molecule has 0 spiro atoms. The van der Waals surface area contributed by atoms with Gasteiger partial charge in [-0.2, -0.15) is 5.10 Å². The SMILES string of the molecule is O=C(NCc1nc2ccccc2[nH]1)C1CN(c2cc(-n3cncn3)ncn2)C1. The number of benzene rings is 1. The van der Waals surface area contributed by atoms with Crippen LogP contribution in [-0.4, -0.2) is 53.7 Å². The van der Waals surface area contributed by atoms with Crippen LogP contribution in [0.4, 0.5) is 5.82 Å². The van der Waals surface area contributed by atoms with Crippen LogP contribution in [0.3, 0.4) is 0 Å². The van der Waals surface area contributed by atoms with E-state index in [9.17, 15) is 4.79 Å². The van der Waals surface area contributed by atoms with E-state index in [1.54, 1.807) is 11.0 Å². The number of rotatable bonds is 5. The highest BCUT2D eigenvalue weighted by molar-refractivity contribution is 5.82. The van der Waals surface area contributed by atoms with Crippen molar-refractivity contribution in [2.24, 2.45) is 5.92 Å². The molecule has 10 heteroatoms. The van der Waals surface area contributed by atoms with Crippen molar-refractivity contribution in [2.45, 2.75) is 6.54 Å². The van der Waals surface area contributed by atoms with E-state index in [2.05, 4.69) is 35.3 Å². The van der Waals surface area contributed by atoms with Gasteiger partial charge in [-0.1, -0.05) is 12.1 Å². The molecule has 1 aliphatic rings. The summed E-state index contributed by atoms with van der Waals surface area (Å²) in [5.41, 5.74) is 1.86. The minimum Gasteiger partial charge on any atom is -0.355 e. The Morgan fingerprint density at radius 1 is 1.18 bits per heavy atom. The van der Waals surface area contributed by atoms with Crippen molar-refractivity contribution >= 4 is 22.8 Å². The second-order valence-electron chi connectivity index (χ2n) is 6.59. The third-order valence-electron chi connectivity index (χ3n) is 4.74. The third kappa shape index (κ3) is 3.04. The Bertz CT molecular complexity index is 1080. The monoisotopic (exact) mass is 375 g/mol. The highest BCUT2D eigenvalue weighted by Crippen LogP contribution is 2.23. The third-order valence-corrected chi connectivity index (χ3v) is 4.74. The molecule has 0 unspecified atom stereocenters. The summed E-state index contributed by atoms with van der Waals surface area (Å²) in [6.45, 7) is 1.60. The first kappa shape index (κ1) is 16.4. The fraction of sp³-hybridized carbons (Fsp3) is 0.222. The normalized spacial score (nSPS) is 14.2. The summed E-state index contributed by atoms with van der Waals surface area (Å²) in [4.78, 5) is 34.5. The maximum atomic E-state index is 12.4. The van der Waals surface area contributed by atoms with Crippen molar-refractivity contribution in [3.63, 3.8) is 0 Å². The number of hydrogen-bond acceptors (Lipinski definition) is 7. The molecule has 4 aromatic rings. The lowest BCUT2D eigenvalue weighted by Crippen LogP contribution is -2.54. The highest BCUT2D eigenvalue weighted by Gasteiger charge is 2.33. The van der Waals surface area contributed by atoms with Gasteiger partial charge in [0.1, 0.15) is 30.6 Å². The number of aromatic nitrogens is 7. The summed E-state index contributed by atoms with van der Waals surface area (Å²) in [6.07, 6.45) is 4.52. The molecule has 0 radical (unpaired) electrons. The first-order valence-electron chi connectivity index (χ1n) is 8.89. The number of aromatic amines is 1. The van der Waals surface area contributed by atoms with Gasteiger partial charge >= 0.3 is 0 Å². The van der Waals surface area contributed by atoms with Crippen LogP contribution in [0.1, 0.15) is 5.82 Å². The van der Waals surface area contributed by atoms with E-state index >= 15 is 0 Å². The number of nitrogens with one attached hydrogen (secondary N) is 2. The molecule has 1 saturated heterocycles. The maximum Gasteiger partial charge on any atom is 0.227 e. The molecule has 0 aliphatic carbocycles. The van der Waals surface area contributed by atoms with Crippen molar-refractivity contribution < 1.29 is 4.79 Å². The summed E-state index contributed by atoms with van der Waals surface area (Å²) in [6, 6.07) is 9.63. The summed E-state index contributed by atoms with van der Waals surface area (Å²) < 4.78 is 1.57. The van der Waals surface area contributed by atoms with Crippen LogP contribution in [0.5, 0.6) is 0 Å². The van der Waals surface area contributed by atoms with Crippen LogP contribution in [0, 0.1) is 5.92 Å². The lowest BCUT2D eigenvalue weighted by molar-refractivity contribution is -0.125. The van der Waals surface area contributed by atoms with E-state index < -0.39 is 0 Å². The zero-order chi connectivity index (χ0) is 18.9. The summed E-state index contributed by atoms with van der Waals surface area (Å²) in [7, 11) is 0.